The minimum absolute atomic E-state index is 0.00477. The highest BCUT2D eigenvalue weighted by Gasteiger charge is 2.29. The Balaban J connectivity index is 2.09. The Bertz CT molecular complexity index is 662. The summed E-state index contributed by atoms with van der Waals surface area (Å²) in [5.41, 5.74) is 2.50. The van der Waals surface area contributed by atoms with Crippen molar-refractivity contribution < 1.29 is 10.2 Å². The van der Waals surface area contributed by atoms with Crippen molar-refractivity contribution in [2.45, 2.75) is 103 Å². The standard InChI is InChI=1S/C29H45NO2/c1-4-5-6-7-14-19-27(31)21-29(32)28(20-24(2)3)30(22-25-15-10-8-11-16-25)23-26-17-12-9-13-18-26/h8-13,15-18,24,27-29,31-32H,4-7,14,19-23H2,1-3H3/t27-,28+,29+/m1/s1. The van der Waals surface area contributed by atoms with Crippen LogP contribution in [0.25, 0.3) is 0 Å². The number of hydrogen-bond acceptors (Lipinski definition) is 3. The van der Waals surface area contributed by atoms with Crippen molar-refractivity contribution in [1.82, 2.24) is 4.90 Å². The number of nitrogens with zero attached hydrogens (tertiary/aromatic N) is 1. The van der Waals surface area contributed by atoms with Crippen LogP contribution in [0.15, 0.2) is 60.7 Å². The van der Waals surface area contributed by atoms with E-state index in [2.05, 4.69) is 74.2 Å². The SMILES string of the molecule is CCCCCCC[C@@H](O)C[C@H](O)[C@H](CC(C)C)N(Cc1ccccc1)Cc1ccccc1. The predicted molar refractivity (Wildman–Crippen MR) is 135 cm³/mol. The molecule has 0 unspecified atom stereocenters. The molecule has 2 aromatic carbocycles. The number of unbranched alkanes of at least 4 members (excludes halogenated alkanes) is 4. The van der Waals surface area contributed by atoms with Crippen LogP contribution < -0.4 is 0 Å². The summed E-state index contributed by atoms with van der Waals surface area (Å²) in [6.45, 7) is 8.23. The monoisotopic (exact) mass is 439 g/mol. The minimum atomic E-state index is -0.546. The molecule has 0 spiro atoms. The normalized spacial score (nSPS) is 14.6. The maximum absolute atomic E-state index is 11.3. The molecule has 0 saturated heterocycles. The van der Waals surface area contributed by atoms with Crippen LogP contribution in [-0.4, -0.2) is 33.4 Å². The molecule has 0 radical (unpaired) electrons. The molecule has 2 aromatic rings. The molecule has 2 N–H and O–H groups in total. The van der Waals surface area contributed by atoms with Crippen molar-refractivity contribution in [1.29, 1.82) is 0 Å². The summed E-state index contributed by atoms with van der Waals surface area (Å²) < 4.78 is 0. The van der Waals surface area contributed by atoms with E-state index in [1.807, 2.05) is 12.1 Å². The van der Waals surface area contributed by atoms with Crippen LogP contribution in [0.2, 0.25) is 0 Å². The molecule has 0 amide bonds. The van der Waals surface area contributed by atoms with E-state index < -0.39 is 12.2 Å². The molecular formula is C29H45NO2. The topological polar surface area (TPSA) is 43.7 Å². The molecular weight excluding hydrogens is 394 g/mol. The first-order valence-electron chi connectivity index (χ1n) is 12.7. The molecule has 0 fully saturated rings. The third kappa shape index (κ3) is 10.3. The van der Waals surface area contributed by atoms with Gasteiger partial charge in [-0.3, -0.25) is 4.90 Å². The third-order valence-electron chi connectivity index (χ3n) is 6.24. The molecule has 3 nitrogen and oxygen atoms in total. The second-order valence-electron chi connectivity index (χ2n) is 9.73. The van der Waals surface area contributed by atoms with Gasteiger partial charge in [-0.15, -0.1) is 0 Å². The zero-order chi connectivity index (χ0) is 23.2. The summed E-state index contributed by atoms with van der Waals surface area (Å²) in [7, 11) is 0. The smallest absolute Gasteiger partial charge is 0.0720 e. The molecule has 0 aliphatic heterocycles. The average molecular weight is 440 g/mol. The molecule has 32 heavy (non-hydrogen) atoms. The zero-order valence-corrected chi connectivity index (χ0v) is 20.5. The molecule has 0 bridgehead atoms. The highest BCUT2D eigenvalue weighted by molar-refractivity contribution is 5.17. The number of aliphatic hydroxyl groups excluding tert-OH is 2. The predicted octanol–water partition coefficient (Wildman–Crippen LogP) is 6.58. The number of hydrogen-bond donors (Lipinski definition) is 2. The molecule has 0 aliphatic rings. The van der Waals surface area contributed by atoms with Crippen LogP contribution in [0, 0.1) is 5.92 Å². The van der Waals surface area contributed by atoms with Gasteiger partial charge in [-0.2, -0.15) is 0 Å². The van der Waals surface area contributed by atoms with Gasteiger partial charge < -0.3 is 10.2 Å². The molecule has 2 rings (SSSR count). The van der Waals surface area contributed by atoms with Crippen molar-refractivity contribution in [3.63, 3.8) is 0 Å². The summed E-state index contributed by atoms with van der Waals surface area (Å²) in [4.78, 5) is 2.41. The van der Waals surface area contributed by atoms with Gasteiger partial charge in [-0.25, -0.2) is 0 Å². The lowest BCUT2D eigenvalue weighted by molar-refractivity contribution is -0.00519. The lowest BCUT2D eigenvalue weighted by atomic mass is 9.92. The number of benzene rings is 2. The van der Waals surface area contributed by atoms with Gasteiger partial charge in [0.1, 0.15) is 0 Å². The van der Waals surface area contributed by atoms with E-state index in [4.69, 9.17) is 0 Å². The van der Waals surface area contributed by atoms with Crippen molar-refractivity contribution in [2.75, 3.05) is 0 Å². The van der Waals surface area contributed by atoms with Crippen molar-refractivity contribution >= 4 is 0 Å². The van der Waals surface area contributed by atoms with Crippen molar-refractivity contribution in [2.24, 2.45) is 5.92 Å². The van der Waals surface area contributed by atoms with Crippen LogP contribution >= 0.6 is 0 Å². The maximum Gasteiger partial charge on any atom is 0.0720 e. The van der Waals surface area contributed by atoms with Crippen molar-refractivity contribution in [3.8, 4) is 0 Å². The quantitative estimate of drug-likeness (QED) is 0.290. The van der Waals surface area contributed by atoms with Crippen molar-refractivity contribution in [3.05, 3.63) is 71.8 Å². The first-order valence-corrected chi connectivity index (χ1v) is 12.7. The van der Waals surface area contributed by atoms with E-state index in [-0.39, 0.29) is 6.04 Å². The fraction of sp³-hybridized carbons (Fsp3) is 0.586. The zero-order valence-electron chi connectivity index (χ0n) is 20.5. The lowest BCUT2D eigenvalue weighted by Gasteiger charge is -2.37. The number of aliphatic hydroxyl groups is 2. The van der Waals surface area contributed by atoms with Gasteiger partial charge in [0.2, 0.25) is 0 Å². The second kappa shape index (κ2) is 15.2. The van der Waals surface area contributed by atoms with E-state index in [1.165, 1.54) is 36.8 Å². The summed E-state index contributed by atoms with van der Waals surface area (Å²) in [5.74, 6) is 0.467. The lowest BCUT2D eigenvalue weighted by Crippen LogP contribution is -2.45. The Hall–Kier alpha value is -1.68. The average Bonchev–Trinajstić information content (AvgIpc) is 2.78. The van der Waals surface area contributed by atoms with Gasteiger partial charge in [-0.1, -0.05) is 114 Å². The molecule has 178 valence electrons. The van der Waals surface area contributed by atoms with Crippen LogP contribution in [0.1, 0.15) is 83.3 Å². The van der Waals surface area contributed by atoms with E-state index in [0.29, 0.717) is 12.3 Å². The largest absolute Gasteiger partial charge is 0.393 e. The molecule has 0 aromatic heterocycles. The van der Waals surface area contributed by atoms with Crippen LogP contribution in [0.4, 0.5) is 0 Å². The highest BCUT2D eigenvalue weighted by atomic mass is 16.3. The summed E-state index contributed by atoms with van der Waals surface area (Å²) >= 11 is 0. The molecule has 0 heterocycles. The first-order chi connectivity index (χ1) is 15.5. The maximum atomic E-state index is 11.3. The summed E-state index contributed by atoms with van der Waals surface area (Å²) in [6, 6.07) is 21.0. The van der Waals surface area contributed by atoms with E-state index in [9.17, 15) is 10.2 Å². The first kappa shape index (κ1) is 26.6. The molecule has 3 atom stereocenters. The van der Waals surface area contributed by atoms with Gasteiger partial charge >= 0.3 is 0 Å². The minimum Gasteiger partial charge on any atom is -0.393 e. The van der Waals surface area contributed by atoms with Gasteiger partial charge in [0.05, 0.1) is 12.2 Å². The van der Waals surface area contributed by atoms with Gasteiger partial charge in [-0.05, 0) is 29.9 Å². The van der Waals surface area contributed by atoms with E-state index >= 15 is 0 Å². The van der Waals surface area contributed by atoms with E-state index in [0.717, 1.165) is 32.4 Å². The Morgan fingerprint density at radius 1 is 0.719 bits per heavy atom. The highest BCUT2D eigenvalue weighted by Crippen LogP contribution is 2.24. The Kier molecular flexibility index (Phi) is 12.6. The molecule has 0 aliphatic carbocycles. The molecule has 0 saturated carbocycles. The van der Waals surface area contributed by atoms with Crippen LogP contribution in [0.5, 0.6) is 0 Å². The molecule has 3 heteroatoms. The number of rotatable bonds is 16. The second-order valence-corrected chi connectivity index (χ2v) is 9.73. The van der Waals surface area contributed by atoms with Gasteiger partial charge in [0, 0.05) is 25.6 Å². The summed E-state index contributed by atoms with van der Waals surface area (Å²) in [5, 5.41) is 21.9. The van der Waals surface area contributed by atoms with Gasteiger partial charge in [0.15, 0.2) is 0 Å². The van der Waals surface area contributed by atoms with Crippen LogP contribution in [-0.2, 0) is 13.1 Å². The fourth-order valence-corrected chi connectivity index (χ4v) is 4.50. The fourth-order valence-electron chi connectivity index (χ4n) is 4.50. The van der Waals surface area contributed by atoms with Crippen LogP contribution in [0.3, 0.4) is 0 Å². The Labute approximate surface area is 196 Å². The summed E-state index contributed by atoms with van der Waals surface area (Å²) in [6.07, 6.45) is 7.11. The Morgan fingerprint density at radius 3 is 1.75 bits per heavy atom. The van der Waals surface area contributed by atoms with E-state index in [1.54, 1.807) is 0 Å². The van der Waals surface area contributed by atoms with Gasteiger partial charge in [0.25, 0.3) is 0 Å². The Morgan fingerprint density at radius 2 is 1.25 bits per heavy atom. The third-order valence-corrected chi connectivity index (χ3v) is 6.24.